The van der Waals surface area contributed by atoms with Crippen molar-refractivity contribution in [3.8, 4) is 17.2 Å². The number of ether oxygens (including phenoxy) is 2. The minimum absolute atomic E-state index is 0.238. The predicted molar refractivity (Wildman–Crippen MR) is 157 cm³/mol. The topological polar surface area (TPSA) is 57.5 Å². The predicted octanol–water partition coefficient (Wildman–Crippen LogP) is 8.05. The molecule has 6 aromatic rings. The summed E-state index contributed by atoms with van der Waals surface area (Å²) >= 11 is 0. The van der Waals surface area contributed by atoms with Crippen LogP contribution in [0, 0.1) is 0 Å². The van der Waals surface area contributed by atoms with E-state index in [1.165, 1.54) is 6.07 Å². The Balaban J connectivity index is 1.71. The fraction of sp³-hybridized carbons (Fsp3) is 0.0588. The number of nitrogens with zero attached hydrogens (tertiary/aromatic N) is 1. The van der Waals surface area contributed by atoms with Crippen LogP contribution in [0.4, 0.5) is 0 Å². The maximum absolute atomic E-state index is 12.4. The van der Waals surface area contributed by atoms with Crippen molar-refractivity contribution in [1.29, 1.82) is 0 Å². The average molecular weight is 512 g/mol. The van der Waals surface area contributed by atoms with E-state index in [0.717, 1.165) is 43.4 Å². The number of carbonyl (C=O) groups excluding carboxylic acids is 2. The van der Waals surface area contributed by atoms with Gasteiger partial charge in [-0.2, -0.15) is 0 Å². The van der Waals surface area contributed by atoms with Crippen molar-refractivity contribution in [3.05, 3.63) is 115 Å². The average Bonchev–Trinajstić information content (AvgIpc) is 3.28. The van der Waals surface area contributed by atoms with Gasteiger partial charge in [0.2, 0.25) is 0 Å². The summed E-state index contributed by atoms with van der Waals surface area (Å²) in [5, 5.41) is 6.77. The molecule has 5 aromatic carbocycles. The van der Waals surface area contributed by atoms with Gasteiger partial charge in [-0.3, -0.25) is 0 Å². The lowest BCUT2D eigenvalue weighted by atomic mass is 10.00. The van der Waals surface area contributed by atoms with Crippen LogP contribution in [0.25, 0.3) is 49.0 Å². The zero-order valence-corrected chi connectivity index (χ0v) is 21.7. The third-order valence-corrected chi connectivity index (χ3v) is 6.79. The van der Waals surface area contributed by atoms with Gasteiger partial charge in [0.1, 0.15) is 11.5 Å². The summed E-state index contributed by atoms with van der Waals surface area (Å²) in [4.78, 5) is 24.8. The number of hydrogen-bond donors (Lipinski definition) is 0. The van der Waals surface area contributed by atoms with Gasteiger partial charge in [-0.25, -0.2) is 9.59 Å². The maximum Gasteiger partial charge on any atom is 0.338 e. The first-order valence-corrected chi connectivity index (χ1v) is 12.6. The van der Waals surface area contributed by atoms with Crippen molar-refractivity contribution in [2.45, 2.75) is 13.8 Å². The maximum atomic E-state index is 12.4. The Hall–Kier alpha value is -5.16. The van der Waals surface area contributed by atoms with E-state index in [2.05, 4.69) is 66.3 Å². The van der Waals surface area contributed by atoms with Gasteiger partial charge in [-0.1, -0.05) is 73.8 Å². The van der Waals surface area contributed by atoms with Crippen LogP contribution in [0.2, 0.25) is 0 Å². The molecule has 190 valence electrons. The molecule has 6 rings (SSSR count). The molecule has 0 unspecified atom stereocenters. The van der Waals surface area contributed by atoms with Crippen LogP contribution in [-0.2, 0) is 9.59 Å². The molecule has 0 aliphatic rings. The lowest BCUT2D eigenvalue weighted by Crippen LogP contribution is -2.11. The first-order valence-electron chi connectivity index (χ1n) is 12.6. The molecule has 0 aliphatic heterocycles. The van der Waals surface area contributed by atoms with Crippen LogP contribution in [0.3, 0.4) is 0 Å². The lowest BCUT2D eigenvalue weighted by Gasteiger charge is -2.14. The van der Waals surface area contributed by atoms with Crippen LogP contribution >= 0.6 is 0 Å². The summed E-state index contributed by atoms with van der Waals surface area (Å²) in [6, 6.07) is 30.1. The summed E-state index contributed by atoms with van der Waals surface area (Å²) in [6.45, 7) is 10.5. The van der Waals surface area contributed by atoms with Gasteiger partial charge < -0.3 is 14.0 Å². The molecule has 0 fully saturated rings. The van der Waals surface area contributed by atoms with Gasteiger partial charge in [0.05, 0.1) is 16.7 Å². The third-order valence-electron chi connectivity index (χ3n) is 6.79. The number of benzene rings is 5. The van der Waals surface area contributed by atoms with Gasteiger partial charge in [0.25, 0.3) is 0 Å². The van der Waals surface area contributed by atoms with Gasteiger partial charge in [0.15, 0.2) is 0 Å². The number of fused-ring (bicyclic) bond motifs is 7. The van der Waals surface area contributed by atoms with E-state index in [9.17, 15) is 9.59 Å². The summed E-state index contributed by atoms with van der Waals surface area (Å²) in [6.07, 6.45) is 0. The van der Waals surface area contributed by atoms with Gasteiger partial charge in [0, 0.05) is 40.1 Å². The number of rotatable bonds is 5. The highest BCUT2D eigenvalue weighted by Crippen LogP contribution is 2.41. The van der Waals surface area contributed by atoms with E-state index in [1.807, 2.05) is 24.3 Å². The Kier molecular flexibility index (Phi) is 5.77. The van der Waals surface area contributed by atoms with E-state index < -0.39 is 11.9 Å². The van der Waals surface area contributed by atoms with Crippen molar-refractivity contribution in [3.63, 3.8) is 0 Å². The highest BCUT2D eigenvalue weighted by molar-refractivity contribution is 6.28. The first-order chi connectivity index (χ1) is 18.8. The summed E-state index contributed by atoms with van der Waals surface area (Å²) in [5.74, 6) is -0.657. The minimum atomic E-state index is -0.566. The molecule has 5 nitrogen and oxygen atoms in total. The molecule has 0 saturated heterocycles. The molecular formula is C34H25NO4. The van der Waals surface area contributed by atoms with Crippen molar-refractivity contribution in [2.75, 3.05) is 0 Å². The van der Waals surface area contributed by atoms with E-state index in [4.69, 9.17) is 9.47 Å². The molecular weight excluding hydrogens is 486 g/mol. The molecule has 0 radical (unpaired) electrons. The fourth-order valence-corrected chi connectivity index (χ4v) is 5.02. The second-order valence-electron chi connectivity index (χ2n) is 9.70. The fourth-order valence-electron chi connectivity index (χ4n) is 5.02. The lowest BCUT2D eigenvalue weighted by molar-refractivity contribution is -0.130. The quantitative estimate of drug-likeness (QED) is 0.133. The Labute approximate surface area is 225 Å². The van der Waals surface area contributed by atoms with E-state index in [-0.39, 0.29) is 22.6 Å². The summed E-state index contributed by atoms with van der Waals surface area (Å²) < 4.78 is 13.3. The van der Waals surface area contributed by atoms with Crippen LogP contribution in [0.15, 0.2) is 115 Å². The van der Waals surface area contributed by atoms with Crippen LogP contribution < -0.4 is 9.47 Å². The molecule has 0 spiro atoms. The molecule has 5 heteroatoms. The Bertz CT molecular complexity index is 1870. The normalized spacial score (nSPS) is 11.2. The van der Waals surface area contributed by atoms with E-state index in [0.29, 0.717) is 5.69 Å². The first kappa shape index (κ1) is 24.2. The number of hydrogen-bond acceptors (Lipinski definition) is 4. The number of esters is 2. The zero-order chi connectivity index (χ0) is 27.3. The Morgan fingerprint density at radius 1 is 0.615 bits per heavy atom. The van der Waals surface area contributed by atoms with Crippen molar-refractivity contribution in [1.82, 2.24) is 4.57 Å². The van der Waals surface area contributed by atoms with Gasteiger partial charge >= 0.3 is 11.9 Å². The number of aromatic nitrogens is 1. The second kappa shape index (κ2) is 9.30. The van der Waals surface area contributed by atoms with Crippen molar-refractivity contribution >= 4 is 55.3 Å². The molecule has 0 bridgehead atoms. The van der Waals surface area contributed by atoms with E-state index >= 15 is 0 Å². The van der Waals surface area contributed by atoms with Gasteiger partial charge in [-0.05, 0) is 47.5 Å². The van der Waals surface area contributed by atoms with E-state index in [1.54, 1.807) is 26.0 Å². The third kappa shape index (κ3) is 4.14. The zero-order valence-electron chi connectivity index (χ0n) is 21.7. The molecule has 0 N–H and O–H groups in total. The molecule has 0 atom stereocenters. The Morgan fingerprint density at radius 2 is 1.05 bits per heavy atom. The smallest absolute Gasteiger partial charge is 0.338 e. The minimum Gasteiger partial charge on any atom is -0.423 e. The van der Waals surface area contributed by atoms with Crippen molar-refractivity contribution in [2.24, 2.45) is 0 Å². The highest BCUT2D eigenvalue weighted by Gasteiger charge is 2.19. The van der Waals surface area contributed by atoms with Crippen LogP contribution in [-0.4, -0.2) is 16.5 Å². The van der Waals surface area contributed by atoms with Crippen molar-refractivity contribution < 1.29 is 19.1 Å². The van der Waals surface area contributed by atoms with Crippen LogP contribution in [0.5, 0.6) is 11.5 Å². The number of carbonyl (C=O) groups is 2. The largest absolute Gasteiger partial charge is 0.423 e. The highest BCUT2D eigenvalue weighted by atomic mass is 16.5. The standard InChI is InChI=1S/C34H25NO4/c1-20(2)33(36)38-25-17-24(18-26(19-25)39-34(37)21(3)4)35-29-15-13-22-9-5-7-11-27(22)31(29)32-28-12-8-6-10-23(28)14-16-30(32)35/h5-19H,1,3H2,2,4H3. The molecule has 1 aromatic heterocycles. The second-order valence-corrected chi connectivity index (χ2v) is 9.70. The molecule has 0 saturated carbocycles. The monoisotopic (exact) mass is 511 g/mol. The SMILES string of the molecule is C=C(C)C(=O)Oc1cc(OC(=O)C(=C)C)cc(-n2c3ccc4ccccc4c3c3c4ccccc4ccc32)c1. The molecule has 0 amide bonds. The molecule has 1 heterocycles. The molecule has 0 aliphatic carbocycles. The summed E-state index contributed by atoms with van der Waals surface area (Å²) in [5.41, 5.74) is 3.14. The summed E-state index contributed by atoms with van der Waals surface area (Å²) in [7, 11) is 0. The van der Waals surface area contributed by atoms with Crippen LogP contribution in [0.1, 0.15) is 13.8 Å². The van der Waals surface area contributed by atoms with Gasteiger partial charge in [-0.15, -0.1) is 0 Å². The Morgan fingerprint density at radius 3 is 1.49 bits per heavy atom. The molecule has 39 heavy (non-hydrogen) atoms.